The van der Waals surface area contributed by atoms with Crippen LogP contribution in [0.25, 0.3) is 0 Å². The Morgan fingerprint density at radius 2 is 1.33 bits per heavy atom. The van der Waals surface area contributed by atoms with Crippen molar-refractivity contribution in [1.29, 1.82) is 0 Å². The van der Waals surface area contributed by atoms with Crippen molar-refractivity contribution < 1.29 is 13.2 Å². The van der Waals surface area contributed by atoms with E-state index in [4.69, 9.17) is 5.73 Å². The first-order chi connectivity index (χ1) is 8.48. The minimum atomic E-state index is -3.26. The molecule has 0 aliphatic carbocycles. The lowest BCUT2D eigenvalue weighted by Crippen LogP contribution is -2.24. The van der Waals surface area contributed by atoms with Gasteiger partial charge in [0.05, 0.1) is 5.75 Å². The molecule has 0 saturated carbocycles. The standard InChI is InChI=1S/C13H27NO3S/c1-2-3-4-5-6-7-8-9-10-11-18(16,17)12-13(14)15/h2-12H2,1H3,(H2,14,15). The second kappa shape index (κ2) is 10.4. The predicted octanol–water partition coefficient (Wildman–Crippen LogP) is 2.42. The number of nitrogens with two attached hydrogens (primary N) is 1. The van der Waals surface area contributed by atoms with Crippen molar-refractivity contribution >= 4 is 15.7 Å². The molecule has 0 fully saturated rings. The van der Waals surface area contributed by atoms with Crippen molar-refractivity contribution in [3.05, 3.63) is 0 Å². The molecular weight excluding hydrogens is 250 g/mol. The first-order valence-corrected chi connectivity index (χ1v) is 8.79. The van der Waals surface area contributed by atoms with Gasteiger partial charge in [-0.15, -0.1) is 0 Å². The lowest BCUT2D eigenvalue weighted by molar-refractivity contribution is -0.115. The van der Waals surface area contributed by atoms with E-state index >= 15 is 0 Å². The van der Waals surface area contributed by atoms with Crippen molar-refractivity contribution in [1.82, 2.24) is 0 Å². The predicted molar refractivity (Wildman–Crippen MR) is 75.1 cm³/mol. The summed E-state index contributed by atoms with van der Waals surface area (Å²) < 4.78 is 22.7. The second-order valence-electron chi connectivity index (χ2n) is 4.89. The van der Waals surface area contributed by atoms with E-state index in [0.29, 0.717) is 6.42 Å². The molecule has 18 heavy (non-hydrogen) atoms. The molecule has 0 aliphatic rings. The van der Waals surface area contributed by atoms with Gasteiger partial charge in [0.15, 0.2) is 9.84 Å². The van der Waals surface area contributed by atoms with Gasteiger partial charge in [-0.3, -0.25) is 4.79 Å². The molecule has 0 aromatic heterocycles. The summed E-state index contributed by atoms with van der Waals surface area (Å²) in [6.45, 7) is 2.20. The molecular formula is C13H27NO3S. The van der Waals surface area contributed by atoms with Crippen LogP contribution in [0.4, 0.5) is 0 Å². The quantitative estimate of drug-likeness (QED) is 0.556. The number of hydrogen-bond donors (Lipinski definition) is 1. The molecule has 0 atom stereocenters. The maximum Gasteiger partial charge on any atom is 0.232 e. The topological polar surface area (TPSA) is 77.2 Å². The highest BCUT2D eigenvalue weighted by molar-refractivity contribution is 7.92. The molecule has 5 heteroatoms. The summed E-state index contributed by atoms with van der Waals surface area (Å²) in [6.07, 6.45) is 10.2. The third-order valence-electron chi connectivity index (χ3n) is 2.92. The Labute approximate surface area is 111 Å². The highest BCUT2D eigenvalue weighted by Gasteiger charge is 2.13. The summed E-state index contributed by atoms with van der Waals surface area (Å²) in [5, 5.41) is 0. The van der Waals surface area contributed by atoms with E-state index in [1.165, 1.54) is 38.5 Å². The van der Waals surface area contributed by atoms with Gasteiger partial charge in [0, 0.05) is 0 Å². The molecule has 0 aromatic rings. The molecule has 4 nitrogen and oxygen atoms in total. The average Bonchev–Trinajstić information content (AvgIpc) is 2.25. The molecule has 1 amide bonds. The summed E-state index contributed by atoms with van der Waals surface area (Å²) in [6, 6.07) is 0. The van der Waals surface area contributed by atoms with Gasteiger partial charge in [0.25, 0.3) is 0 Å². The molecule has 0 saturated heterocycles. The summed E-state index contributed by atoms with van der Waals surface area (Å²) in [5.41, 5.74) is 4.87. The van der Waals surface area contributed by atoms with Gasteiger partial charge in [-0.25, -0.2) is 8.42 Å². The van der Waals surface area contributed by atoms with Crippen LogP contribution in [0.5, 0.6) is 0 Å². The maximum absolute atomic E-state index is 11.3. The van der Waals surface area contributed by atoms with E-state index in [9.17, 15) is 13.2 Å². The maximum atomic E-state index is 11.3. The minimum Gasteiger partial charge on any atom is -0.369 e. The van der Waals surface area contributed by atoms with Gasteiger partial charge in [0.2, 0.25) is 5.91 Å². The average molecular weight is 277 g/mol. The van der Waals surface area contributed by atoms with Crippen molar-refractivity contribution in [2.45, 2.75) is 64.7 Å². The zero-order valence-corrected chi connectivity index (χ0v) is 12.3. The molecule has 0 spiro atoms. The first kappa shape index (κ1) is 17.4. The van der Waals surface area contributed by atoms with Crippen LogP contribution in [0.15, 0.2) is 0 Å². The van der Waals surface area contributed by atoms with Crippen LogP contribution >= 0.6 is 0 Å². The van der Waals surface area contributed by atoms with Gasteiger partial charge in [0.1, 0.15) is 5.75 Å². The van der Waals surface area contributed by atoms with Crippen LogP contribution in [0, 0.1) is 0 Å². The molecule has 0 unspecified atom stereocenters. The third kappa shape index (κ3) is 11.9. The van der Waals surface area contributed by atoms with E-state index in [0.717, 1.165) is 12.8 Å². The Bertz CT molecular complexity index is 312. The molecule has 0 bridgehead atoms. The SMILES string of the molecule is CCCCCCCCCCCS(=O)(=O)CC(N)=O. The Balaban J connectivity index is 3.37. The molecule has 0 heterocycles. The summed E-state index contributed by atoms with van der Waals surface area (Å²) in [7, 11) is -3.26. The monoisotopic (exact) mass is 277 g/mol. The number of carbonyl (C=O) groups is 1. The molecule has 0 radical (unpaired) electrons. The Morgan fingerprint density at radius 1 is 0.889 bits per heavy atom. The van der Waals surface area contributed by atoms with Gasteiger partial charge in [-0.1, -0.05) is 58.3 Å². The smallest absolute Gasteiger partial charge is 0.232 e. The van der Waals surface area contributed by atoms with Crippen LogP contribution in [-0.2, 0) is 14.6 Å². The van der Waals surface area contributed by atoms with Crippen molar-refractivity contribution in [3.63, 3.8) is 0 Å². The number of sulfone groups is 1. The Hall–Kier alpha value is -0.580. The number of amides is 1. The van der Waals surface area contributed by atoms with E-state index in [2.05, 4.69) is 6.92 Å². The number of unbranched alkanes of at least 4 members (excludes halogenated alkanes) is 8. The van der Waals surface area contributed by atoms with Crippen molar-refractivity contribution in [2.75, 3.05) is 11.5 Å². The van der Waals surface area contributed by atoms with E-state index in [1.54, 1.807) is 0 Å². The normalized spacial score (nSPS) is 11.6. The van der Waals surface area contributed by atoms with E-state index in [-0.39, 0.29) is 5.75 Å². The van der Waals surface area contributed by atoms with Crippen molar-refractivity contribution in [2.24, 2.45) is 5.73 Å². The van der Waals surface area contributed by atoms with Crippen LogP contribution in [0.3, 0.4) is 0 Å². The first-order valence-electron chi connectivity index (χ1n) is 6.96. The number of rotatable bonds is 12. The van der Waals surface area contributed by atoms with Gasteiger partial charge in [-0.2, -0.15) is 0 Å². The lowest BCUT2D eigenvalue weighted by atomic mass is 10.1. The fourth-order valence-electron chi connectivity index (χ4n) is 1.92. The summed E-state index contributed by atoms with van der Waals surface area (Å²) in [5.74, 6) is -1.18. The molecule has 0 rings (SSSR count). The fourth-order valence-corrected chi connectivity index (χ4v) is 3.14. The largest absolute Gasteiger partial charge is 0.369 e. The second-order valence-corrected chi connectivity index (χ2v) is 7.07. The third-order valence-corrected chi connectivity index (χ3v) is 4.56. The number of primary amides is 1. The van der Waals surface area contributed by atoms with Crippen LogP contribution < -0.4 is 5.73 Å². The molecule has 0 aromatic carbocycles. The number of hydrogen-bond acceptors (Lipinski definition) is 3. The van der Waals surface area contributed by atoms with E-state index < -0.39 is 21.5 Å². The number of carbonyl (C=O) groups excluding carboxylic acids is 1. The van der Waals surface area contributed by atoms with Gasteiger partial charge >= 0.3 is 0 Å². The van der Waals surface area contributed by atoms with Crippen LogP contribution in [0.2, 0.25) is 0 Å². The Morgan fingerprint density at radius 3 is 1.78 bits per heavy atom. The van der Waals surface area contributed by atoms with Gasteiger partial charge < -0.3 is 5.73 Å². The van der Waals surface area contributed by atoms with Crippen molar-refractivity contribution in [3.8, 4) is 0 Å². The zero-order valence-electron chi connectivity index (χ0n) is 11.5. The summed E-state index contributed by atoms with van der Waals surface area (Å²) >= 11 is 0. The minimum absolute atomic E-state index is 0.0891. The Kier molecular flexibility index (Phi) is 10.0. The highest BCUT2D eigenvalue weighted by Crippen LogP contribution is 2.10. The molecule has 0 aliphatic heterocycles. The zero-order chi connectivity index (χ0) is 13.9. The van der Waals surface area contributed by atoms with Crippen LogP contribution in [-0.4, -0.2) is 25.8 Å². The lowest BCUT2D eigenvalue weighted by Gasteiger charge is -2.03. The fraction of sp³-hybridized carbons (Fsp3) is 0.923. The molecule has 2 N–H and O–H groups in total. The van der Waals surface area contributed by atoms with Gasteiger partial charge in [-0.05, 0) is 6.42 Å². The van der Waals surface area contributed by atoms with E-state index in [1.807, 2.05) is 0 Å². The highest BCUT2D eigenvalue weighted by atomic mass is 32.2. The summed E-state index contributed by atoms with van der Waals surface area (Å²) in [4.78, 5) is 10.5. The van der Waals surface area contributed by atoms with Crippen LogP contribution in [0.1, 0.15) is 64.7 Å². The molecule has 108 valence electrons.